The van der Waals surface area contributed by atoms with E-state index in [-0.39, 0.29) is 5.78 Å². The van der Waals surface area contributed by atoms with Crippen molar-refractivity contribution in [3.8, 4) is 5.75 Å². The fourth-order valence-electron chi connectivity index (χ4n) is 5.46. The van der Waals surface area contributed by atoms with Crippen molar-refractivity contribution >= 4 is 17.9 Å². The quantitative estimate of drug-likeness (QED) is 0.0600. The number of hydrogen-bond acceptors (Lipinski definition) is 2. The molecule has 0 bridgehead atoms. The molecule has 3 rings (SSSR count). The third kappa shape index (κ3) is 15.6. The monoisotopic (exact) mass is 578 g/mol. The molecule has 0 spiro atoms. The first-order chi connectivity index (χ1) is 21.2. The molecule has 0 aromatic heterocycles. The Kier molecular flexibility index (Phi) is 17.6. The zero-order valence-corrected chi connectivity index (χ0v) is 26.5. The molecule has 0 aliphatic heterocycles. The minimum Gasteiger partial charge on any atom is -0.494 e. The maximum absolute atomic E-state index is 12.2. The van der Waals surface area contributed by atoms with Gasteiger partial charge in [0, 0.05) is 5.56 Å². The average Bonchev–Trinajstić information content (AvgIpc) is 3.06. The van der Waals surface area contributed by atoms with E-state index >= 15 is 0 Å². The Bertz CT molecular complexity index is 1160. The number of unbranched alkanes of at least 4 members (excludes halogenated alkanes) is 15. The molecule has 2 nitrogen and oxygen atoms in total. The fraction of sp³-hybridized carbons (Fsp3) is 0.439. The van der Waals surface area contributed by atoms with Crippen LogP contribution in [0.15, 0.2) is 91.5 Å². The Balaban J connectivity index is 1.04. The summed E-state index contributed by atoms with van der Waals surface area (Å²) in [6, 6.07) is 26.2. The molecule has 3 aromatic carbocycles. The third-order valence-electron chi connectivity index (χ3n) is 8.21. The number of aryl methyl sites for hydroxylation is 1. The standard InChI is InChI=1S/C41H54O2/c1-2-36-25-27-37(28-26-36)22-18-15-13-11-9-7-5-3-4-6-8-10-12-14-16-21-35-43-40-32-29-38(30-33-40)31-34-41(42)39-23-19-17-20-24-39/h2,17,19-20,23-34H,1,3-16,18,21-22,35H2. The summed E-state index contributed by atoms with van der Waals surface area (Å²) in [5, 5.41) is 0. The smallest absolute Gasteiger partial charge is 0.185 e. The Labute approximate surface area is 262 Å². The van der Waals surface area contributed by atoms with Gasteiger partial charge < -0.3 is 4.74 Å². The Morgan fingerprint density at radius 2 is 1.05 bits per heavy atom. The predicted octanol–water partition coefficient (Wildman–Crippen LogP) is 12.1. The first-order valence-electron chi connectivity index (χ1n) is 17.0. The molecule has 0 amide bonds. The molecule has 0 fully saturated rings. The summed E-state index contributed by atoms with van der Waals surface area (Å²) >= 11 is 0. The second-order valence-electron chi connectivity index (χ2n) is 11.8. The number of hydrogen-bond donors (Lipinski definition) is 0. The number of carbonyl (C=O) groups excluding carboxylic acids is 1. The van der Waals surface area contributed by atoms with Gasteiger partial charge in [-0.1, -0.05) is 175 Å². The molecule has 0 heterocycles. The van der Waals surface area contributed by atoms with E-state index in [1.54, 1.807) is 6.08 Å². The van der Waals surface area contributed by atoms with Crippen LogP contribution in [0.4, 0.5) is 0 Å². The highest BCUT2D eigenvalue weighted by Gasteiger charge is 2.01. The van der Waals surface area contributed by atoms with E-state index in [1.165, 1.54) is 114 Å². The summed E-state index contributed by atoms with van der Waals surface area (Å²) in [6.45, 7) is 4.59. The summed E-state index contributed by atoms with van der Waals surface area (Å²) in [7, 11) is 0. The lowest BCUT2D eigenvalue weighted by Gasteiger charge is -2.07. The first-order valence-corrected chi connectivity index (χ1v) is 17.0. The molecule has 0 unspecified atom stereocenters. The number of benzene rings is 3. The van der Waals surface area contributed by atoms with Crippen LogP contribution in [-0.2, 0) is 6.42 Å². The van der Waals surface area contributed by atoms with Crippen LogP contribution >= 0.6 is 0 Å². The van der Waals surface area contributed by atoms with E-state index in [2.05, 4.69) is 30.8 Å². The number of allylic oxidation sites excluding steroid dienone is 1. The van der Waals surface area contributed by atoms with E-state index in [1.807, 2.05) is 66.7 Å². The number of ether oxygens (including phenoxy) is 1. The van der Waals surface area contributed by atoms with E-state index in [4.69, 9.17) is 4.74 Å². The maximum Gasteiger partial charge on any atom is 0.185 e. The normalized spacial score (nSPS) is 11.2. The Hall–Kier alpha value is -3.39. The molecule has 0 atom stereocenters. The Morgan fingerprint density at radius 1 is 0.558 bits per heavy atom. The van der Waals surface area contributed by atoms with Gasteiger partial charge in [0.05, 0.1) is 6.61 Å². The van der Waals surface area contributed by atoms with Gasteiger partial charge in [-0.15, -0.1) is 0 Å². The van der Waals surface area contributed by atoms with Crippen molar-refractivity contribution in [3.05, 3.63) is 114 Å². The van der Waals surface area contributed by atoms with E-state index in [0.717, 1.165) is 24.3 Å². The minimum atomic E-state index is 0.0201. The summed E-state index contributed by atoms with van der Waals surface area (Å²) < 4.78 is 5.91. The topological polar surface area (TPSA) is 26.3 Å². The van der Waals surface area contributed by atoms with Crippen LogP contribution in [-0.4, -0.2) is 12.4 Å². The number of ketones is 1. The van der Waals surface area contributed by atoms with Gasteiger partial charge in [-0.3, -0.25) is 4.79 Å². The van der Waals surface area contributed by atoms with Crippen molar-refractivity contribution in [1.29, 1.82) is 0 Å². The van der Waals surface area contributed by atoms with E-state index < -0.39 is 0 Å². The fourth-order valence-corrected chi connectivity index (χ4v) is 5.46. The van der Waals surface area contributed by atoms with Gasteiger partial charge >= 0.3 is 0 Å². The lowest BCUT2D eigenvalue weighted by molar-refractivity contribution is 0.104. The molecule has 3 aromatic rings. The molecule has 0 aliphatic carbocycles. The van der Waals surface area contributed by atoms with Crippen LogP contribution in [0.1, 0.15) is 130 Å². The largest absolute Gasteiger partial charge is 0.494 e. The molecule has 43 heavy (non-hydrogen) atoms. The first kappa shape index (κ1) is 34.1. The van der Waals surface area contributed by atoms with Crippen molar-refractivity contribution < 1.29 is 9.53 Å². The van der Waals surface area contributed by atoms with Crippen molar-refractivity contribution in [1.82, 2.24) is 0 Å². The highest BCUT2D eigenvalue weighted by atomic mass is 16.5. The molecular formula is C41H54O2. The summed E-state index contributed by atoms with van der Waals surface area (Å²) in [5.41, 5.74) is 4.38. The lowest BCUT2D eigenvalue weighted by Crippen LogP contribution is -1.97. The molecule has 0 radical (unpaired) electrons. The summed E-state index contributed by atoms with van der Waals surface area (Å²) in [6.07, 6.45) is 28.3. The van der Waals surface area contributed by atoms with E-state index in [0.29, 0.717) is 5.56 Å². The van der Waals surface area contributed by atoms with Gasteiger partial charge in [0.2, 0.25) is 0 Å². The van der Waals surface area contributed by atoms with Gasteiger partial charge in [0.25, 0.3) is 0 Å². The van der Waals surface area contributed by atoms with Crippen molar-refractivity contribution in [2.24, 2.45) is 0 Å². The molecule has 2 heteroatoms. The second-order valence-corrected chi connectivity index (χ2v) is 11.8. The zero-order valence-electron chi connectivity index (χ0n) is 26.5. The van der Waals surface area contributed by atoms with Gasteiger partial charge in [-0.05, 0) is 54.2 Å². The molecule has 230 valence electrons. The average molecular weight is 579 g/mol. The Morgan fingerprint density at radius 3 is 1.58 bits per heavy atom. The van der Waals surface area contributed by atoms with Gasteiger partial charge in [-0.2, -0.15) is 0 Å². The van der Waals surface area contributed by atoms with Crippen molar-refractivity contribution in [3.63, 3.8) is 0 Å². The zero-order chi connectivity index (χ0) is 30.2. The van der Waals surface area contributed by atoms with Crippen molar-refractivity contribution in [2.45, 2.75) is 109 Å². The second kappa shape index (κ2) is 22.2. The van der Waals surface area contributed by atoms with Crippen molar-refractivity contribution in [2.75, 3.05) is 6.61 Å². The third-order valence-corrected chi connectivity index (χ3v) is 8.21. The molecule has 0 aliphatic rings. The maximum atomic E-state index is 12.2. The highest BCUT2D eigenvalue weighted by molar-refractivity contribution is 6.06. The van der Waals surface area contributed by atoms with Crippen LogP contribution in [0.5, 0.6) is 5.75 Å². The van der Waals surface area contributed by atoms with Crippen LogP contribution in [0.25, 0.3) is 12.2 Å². The predicted molar refractivity (Wildman–Crippen MR) is 186 cm³/mol. The lowest BCUT2D eigenvalue weighted by atomic mass is 10.0. The minimum absolute atomic E-state index is 0.0201. The van der Waals surface area contributed by atoms with Gasteiger partial charge in [-0.25, -0.2) is 0 Å². The van der Waals surface area contributed by atoms with Gasteiger partial charge in [0.1, 0.15) is 5.75 Å². The molecule has 0 saturated heterocycles. The van der Waals surface area contributed by atoms with Crippen LogP contribution in [0.3, 0.4) is 0 Å². The highest BCUT2D eigenvalue weighted by Crippen LogP contribution is 2.17. The van der Waals surface area contributed by atoms with Gasteiger partial charge in [0.15, 0.2) is 5.78 Å². The SMILES string of the molecule is C=Cc1ccc(CCCCCCCCCCCCCCCCCCOc2ccc(C=CC(=O)c3ccccc3)cc2)cc1. The molecule has 0 N–H and O–H groups in total. The van der Waals surface area contributed by atoms with Crippen LogP contribution in [0, 0.1) is 0 Å². The van der Waals surface area contributed by atoms with Crippen LogP contribution in [0.2, 0.25) is 0 Å². The number of rotatable bonds is 24. The van der Waals surface area contributed by atoms with E-state index in [9.17, 15) is 4.79 Å². The van der Waals surface area contributed by atoms with Crippen LogP contribution < -0.4 is 4.74 Å². The summed E-state index contributed by atoms with van der Waals surface area (Å²) in [5.74, 6) is 0.917. The molecule has 0 saturated carbocycles. The summed E-state index contributed by atoms with van der Waals surface area (Å²) in [4.78, 5) is 12.2. The molecular weight excluding hydrogens is 524 g/mol. The number of carbonyl (C=O) groups is 1.